The van der Waals surface area contributed by atoms with E-state index in [1.807, 2.05) is 66.7 Å². The van der Waals surface area contributed by atoms with Gasteiger partial charge in [-0.2, -0.15) is 0 Å². The van der Waals surface area contributed by atoms with Crippen LogP contribution in [0.4, 0.5) is 0 Å². The van der Waals surface area contributed by atoms with E-state index in [1.54, 1.807) is 13.8 Å². The molecule has 2 aromatic rings. The van der Waals surface area contributed by atoms with Gasteiger partial charge in [-0.3, -0.25) is 14.5 Å². The molecule has 7 heteroatoms. The number of esters is 1. The van der Waals surface area contributed by atoms with Crippen molar-refractivity contribution in [2.45, 2.75) is 32.9 Å². The number of hydrogen-bond donors (Lipinski definition) is 1. The predicted molar refractivity (Wildman–Crippen MR) is 121 cm³/mol. The van der Waals surface area contributed by atoms with E-state index in [9.17, 15) is 14.4 Å². The van der Waals surface area contributed by atoms with Crippen LogP contribution < -0.4 is 10.1 Å². The number of likely N-dealkylation sites (tertiary alicyclic amines) is 1. The summed E-state index contributed by atoms with van der Waals surface area (Å²) >= 11 is 0. The SMILES string of the molecule is COC(=O)C(=C(C)C)N1C(=O)C(NC(C)=O)C1C=Cc1ccccc1.c1cc2cc(c1)O2. The van der Waals surface area contributed by atoms with Crippen molar-refractivity contribution in [2.75, 3.05) is 7.11 Å². The zero-order chi connectivity index (χ0) is 23.3. The van der Waals surface area contributed by atoms with E-state index in [0.29, 0.717) is 5.57 Å². The van der Waals surface area contributed by atoms with Crippen molar-refractivity contribution < 1.29 is 23.9 Å². The molecule has 32 heavy (non-hydrogen) atoms. The maximum absolute atomic E-state index is 12.5. The Morgan fingerprint density at radius 3 is 2.09 bits per heavy atom. The van der Waals surface area contributed by atoms with Gasteiger partial charge in [0, 0.05) is 13.0 Å². The summed E-state index contributed by atoms with van der Waals surface area (Å²) in [6.07, 6.45) is 3.67. The van der Waals surface area contributed by atoms with Gasteiger partial charge in [0.05, 0.1) is 13.2 Å². The topological polar surface area (TPSA) is 84.9 Å². The smallest absolute Gasteiger partial charge is 0.354 e. The van der Waals surface area contributed by atoms with Gasteiger partial charge in [-0.15, -0.1) is 0 Å². The maximum atomic E-state index is 12.5. The lowest BCUT2D eigenvalue weighted by molar-refractivity contribution is -0.153. The molecule has 5 rings (SSSR count). The molecule has 166 valence electrons. The number of allylic oxidation sites excluding steroid dienone is 1. The summed E-state index contributed by atoms with van der Waals surface area (Å²) in [6.45, 7) is 4.84. The van der Waals surface area contributed by atoms with Gasteiger partial charge in [0.1, 0.15) is 23.2 Å². The normalized spacial score (nSPS) is 17.8. The quantitative estimate of drug-likeness (QED) is 0.376. The second-order valence-corrected chi connectivity index (χ2v) is 7.56. The Hall–Kier alpha value is -3.87. The van der Waals surface area contributed by atoms with Crippen molar-refractivity contribution in [3.05, 3.63) is 77.5 Å². The molecule has 2 unspecified atom stereocenters. The average Bonchev–Trinajstić information content (AvgIpc) is 2.77. The minimum atomic E-state index is -0.698. The Kier molecular flexibility index (Phi) is 7.10. The zero-order valence-electron chi connectivity index (χ0n) is 18.5. The molecule has 0 saturated carbocycles. The van der Waals surface area contributed by atoms with Crippen LogP contribution in [0.25, 0.3) is 6.08 Å². The molecule has 1 saturated heterocycles. The molecule has 0 aliphatic carbocycles. The van der Waals surface area contributed by atoms with E-state index >= 15 is 0 Å². The van der Waals surface area contributed by atoms with Crippen LogP contribution in [0.2, 0.25) is 0 Å². The van der Waals surface area contributed by atoms with Crippen LogP contribution in [-0.2, 0) is 19.1 Å². The van der Waals surface area contributed by atoms with Gasteiger partial charge < -0.3 is 14.8 Å². The summed E-state index contributed by atoms with van der Waals surface area (Å²) in [6, 6.07) is 16.3. The highest BCUT2D eigenvalue weighted by Gasteiger charge is 2.50. The fourth-order valence-electron chi connectivity index (χ4n) is 3.43. The first kappa shape index (κ1) is 22.8. The molecule has 1 fully saturated rings. The van der Waals surface area contributed by atoms with E-state index in [1.165, 1.54) is 18.9 Å². The van der Waals surface area contributed by atoms with E-state index in [4.69, 9.17) is 9.47 Å². The second kappa shape index (κ2) is 9.96. The van der Waals surface area contributed by atoms with Gasteiger partial charge in [-0.1, -0.05) is 48.6 Å². The summed E-state index contributed by atoms with van der Waals surface area (Å²) in [7, 11) is 1.27. The maximum Gasteiger partial charge on any atom is 0.354 e. The third-order valence-electron chi connectivity index (χ3n) is 4.92. The fraction of sp³-hybridized carbons (Fsp3) is 0.240. The highest BCUT2D eigenvalue weighted by Crippen LogP contribution is 2.33. The number of ether oxygens (including phenoxy) is 2. The van der Waals surface area contributed by atoms with Crippen molar-refractivity contribution in [3.8, 4) is 11.5 Å². The number of rotatable bonds is 5. The number of benzene rings is 2. The van der Waals surface area contributed by atoms with Crippen LogP contribution in [0.1, 0.15) is 26.3 Å². The van der Waals surface area contributed by atoms with E-state index in [-0.39, 0.29) is 17.5 Å². The molecule has 2 aromatic carbocycles. The molecule has 0 radical (unpaired) electrons. The van der Waals surface area contributed by atoms with E-state index < -0.39 is 18.1 Å². The van der Waals surface area contributed by atoms with Crippen LogP contribution in [0.3, 0.4) is 0 Å². The number of amides is 2. The molecule has 2 atom stereocenters. The molecule has 1 N–H and O–H groups in total. The largest absolute Gasteiger partial charge is 0.464 e. The fourth-order valence-corrected chi connectivity index (χ4v) is 3.43. The number of hydrogen-bond acceptors (Lipinski definition) is 5. The standard InChI is InChI=1S/C19H22N2O4.C6H4O/c1-12(2)17(19(24)25-4)21-15(16(18(21)23)20-13(3)22)11-10-14-8-6-5-7-9-14;1-2-5-4-6(3-1)7-5/h5-11,15-16H,1-4H3,(H,20,22);1-4H. The van der Waals surface area contributed by atoms with Crippen molar-refractivity contribution >= 4 is 23.9 Å². The van der Waals surface area contributed by atoms with E-state index in [2.05, 4.69) is 5.32 Å². The molecule has 2 bridgehead atoms. The first-order chi connectivity index (χ1) is 15.3. The zero-order valence-corrected chi connectivity index (χ0v) is 18.5. The Bertz CT molecular complexity index is 1050. The lowest BCUT2D eigenvalue weighted by Gasteiger charge is -2.46. The molecule has 7 nitrogen and oxygen atoms in total. The van der Waals surface area contributed by atoms with Gasteiger partial charge >= 0.3 is 5.97 Å². The number of fused-ring (bicyclic) bond motifs is 2. The van der Waals surface area contributed by atoms with Crippen molar-refractivity contribution in [3.63, 3.8) is 0 Å². The Morgan fingerprint density at radius 1 is 1.03 bits per heavy atom. The van der Waals surface area contributed by atoms with Gasteiger partial charge in [0.2, 0.25) is 5.91 Å². The summed E-state index contributed by atoms with van der Waals surface area (Å²) < 4.78 is 9.81. The third kappa shape index (κ3) is 5.06. The minimum Gasteiger partial charge on any atom is -0.464 e. The van der Waals surface area contributed by atoms with Crippen LogP contribution >= 0.6 is 0 Å². The van der Waals surface area contributed by atoms with Gasteiger partial charge in [0.25, 0.3) is 5.91 Å². The summed E-state index contributed by atoms with van der Waals surface area (Å²) in [5.41, 5.74) is 1.83. The first-order valence-electron chi connectivity index (χ1n) is 10.2. The summed E-state index contributed by atoms with van der Waals surface area (Å²) in [4.78, 5) is 37.4. The highest BCUT2D eigenvalue weighted by atomic mass is 16.5. The van der Waals surface area contributed by atoms with Crippen molar-refractivity contribution in [1.29, 1.82) is 0 Å². The lowest BCUT2D eigenvalue weighted by atomic mass is 9.91. The van der Waals surface area contributed by atoms with Gasteiger partial charge in [-0.25, -0.2) is 4.79 Å². The number of β-lactam (4-membered cyclic amide) rings is 1. The van der Waals surface area contributed by atoms with Crippen LogP contribution in [0, 0.1) is 0 Å². The van der Waals surface area contributed by atoms with Crippen LogP contribution in [-0.4, -0.2) is 41.9 Å². The highest BCUT2D eigenvalue weighted by molar-refractivity contribution is 6.02. The average molecular weight is 434 g/mol. The minimum absolute atomic E-state index is 0.205. The third-order valence-corrected chi connectivity index (χ3v) is 4.92. The van der Waals surface area contributed by atoms with Crippen molar-refractivity contribution in [1.82, 2.24) is 10.2 Å². The molecule has 0 spiro atoms. The van der Waals surface area contributed by atoms with Gasteiger partial charge in [-0.05, 0) is 37.1 Å². The Balaban J connectivity index is 0.000000343. The first-order valence-corrected chi connectivity index (χ1v) is 10.2. The number of methoxy groups -OCH3 is 1. The number of nitrogens with one attached hydrogen (secondary N) is 1. The molecule has 3 heterocycles. The molecule has 3 aliphatic rings. The predicted octanol–water partition coefficient (Wildman–Crippen LogP) is 3.67. The number of carbonyl (C=O) groups excluding carboxylic acids is 3. The second-order valence-electron chi connectivity index (χ2n) is 7.56. The molecular weight excluding hydrogens is 408 g/mol. The van der Waals surface area contributed by atoms with Crippen molar-refractivity contribution in [2.24, 2.45) is 0 Å². The van der Waals surface area contributed by atoms with E-state index in [0.717, 1.165) is 17.1 Å². The van der Waals surface area contributed by atoms with Crippen LogP contribution in [0.5, 0.6) is 11.5 Å². The molecule has 0 aromatic heterocycles. The lowest BCUT2D eigenvalue weighted by Crippen LogP contribution is -2.70. The summed E-state index contributed by atoms with van der Waals surface area (Å²) in [5.74, 6) is 0.759. The monoisotopic (exact) mass is 434 g/mol. The molecule has 3 aliphatic heterocycles. The Morgan fingerprint density at radius 2 is 1.66 bits per heavy atom. The molecular formula is C25H26N2O5. The van der Waals surface area contributed by atoms with Crippen LogP contribution in [0.15, 0.2) is 71.9 Å². The number of carbonyl (C=O) groups is 3. The number of nitrogens with zero attached hydrogens (tertiary/aromatic N) is 1. The summed E-state index contributed by atoms with van der Waals surface area (Å²) in [5, 5.41) is 2.64. The Labute approximate surface area is 187 Å². The van der Waals surface area contributed by atoms with Gasteiger partial charge in [0.15, 0.2) is 0 Å². The molecule has 2 amide bonds.